The molecule has 1 aromatic rings. The molecule has 0 aromatic heterocycles. The maximum absolute atomic E-state index is 12.6. The molecule has 0 saturated carbocycles. The number of hydrazine groups is 1. The van der Waals surface area contributed by atoms with Gasteiger partial charge in [-0.05, 0) is 38.5 Å². The Morgan fingerprint density at radius 3 is 2.65 bits per heavy atom. The number of benzene rings is 1. The van der Waals surface area contributed by atoms with Crippen LogP contribution in [0.5, 0.6) is 0 Å². The largest absolute Gasteiger partial charge is 0.324 e. The molecule has 2 aliphatic rings. The maximum atomic E-state index is 12.6. The van der Waals surface area contributed by atoms with Crippen LogP contribution >= 0.6 is 0 Å². The number of anilines is 1. The van der Waals surface area contributed by atoms with E-state index < -0.39 is 6.04 Å². The second-order valence-corrected chi connectivity index (χ2v) is 5.89. The zero-order valence-electron chi connectivity index (χ0n) is 13.3. The van der Waals surface area contributed by atoms with Crippen molar-refractivity contribution in [3.8, 4) is 0 Å². The Labute approximate surface area is 134 Å². The Morgan fingerprint density at radius 1 is 1.30 bits per heavy atom. The van der Waals surface area contributed by atoms with Gasteiger partial charge in [0.25, 0.3) is 0 Å². The summed E-state index contributed by atoms with van der Waals surface area (Å²) in [5, 5.41) is 7.13. The fourth-order valence-electron chi connectivity index (χ4n) is 2.40. The van der Waals surface area contributed by atoms with E-state index in [0.717, 1.165) is 11.1 Å². The third kappa shape index (κ3) is 3.03. The van der Waals surface area contributed by atoms with E-state index in [0.29, 0.717) is 17.5 Å². The molecule has 3 N–H and O–H groups in total. The topological polar surface area (TPSA) is 85.8 Å². The number of aliphatic imine (C=N–C) groups is 1. The molecule has 2 amide bonds. The number of nitrogens with zero attached hydrogens (tertiary/aromatic N) is 2. The lowest BCUT2D eigenvalue weighted by Gasteiger charge is -2.32. The fourth-order valence-corrected chi connectivity index (χ4v) is 2.40. The summed E-state index contributed by atoms with van der Waals surface area (Å²) in [7, 11) is 0. The van der Waals surface area contributed by atoms with Gasteiger partial charge >= 0.3 is 0 Å². The smallest absolute Gasteiger partial charge is 0.249 e. The Hall–Kier alpha value is -2.83. The molecule has 1 aromatic carbocycles. The number of hydrogen-bond acceptors (Lipinski definition) is 5. The molecule has 1 atom stereocenters. The summed E-state index contributed by atoms with van der Waals surface area (Å²) >= 11 is 0. The van der Waals surface area contributed by atoms with E-state index in [-0.39, 0.29) is 18.2 Å². The quantitative estimate of drug-likeness (QED) is 0.767. The van der Waals surface area contributed by atoms with Gasteiger partial charge < -0.3 is 5.32 Å². The SMILES string of the molecule is CC(C)=C1N=C2NC(=O)C[C@@H](C(=O)Nc3ccc(C)cc3)N2N1. The molecule has 1 saturated heterocycles. The second-order valence-electron chi connectivity index (χ2n) is 5.89. The number of carbonyl (C=O) groups excluding carboxylic acids is 2. The lowest BCUT2D eigenvalue weighted by molar-refractivity contribution is -0.129. The van der Waals surface area contributed by atoms with Crippen molar-refractivity contribution < 1.29 is 9.59 Å². The number of aryl methyl sites for hydroxylation is 1. The predicted octanol–water partition coefficient (Wildman–Crippen LogP) is 1.25. The van der Waals surface area contributed by atoms with Gasteiger partial charge in [-0.15, -0.1) is 0 Å². The minimum Gasteiger partial charge on any atom is -0.324 e. The van der Waals surface area contributed by atoms with Crippen molar-refractivity contribution in [3.63, 3.8) is 0 Å². The van der Waals surface area contributed by atoms with Crippen molar-refractivity contribution in [1.29, 1.82) is 0 Å². The summed E-state index contributed by atoms with van der Waals surface area (Å²) in [6.07, 6.45) is 0.0692. The zero-order valence-corrected chi connectivity index (χ0v) is 13.3. The summed E-state index contributed by atoms with van der Waals surface area (Å²) in [5.41, 5.74) is 5.86. The van der Waals surface area contributed by atoms with Crippen molar-refractivity contribution in [1.82, 2.24) is 15.8 Å². The molecule has 0 unspecified atom stereocenters. The number of rotatable bonds is 2. The van der Waals surface area contributed by atoms with Crippen LogP contribution in [0.25, 0.3) is 0 Å². The van der Waals surface area contributed by atoms with Crippen LogP contribution in [-0.4, -0.2) is 28.8 Å². The molecule has 2 aliphatic heterocycles. The van der Waals surface area contributed by atoms with E-state index in [4.69, 9.17) is 0 Å². The number of nitrogens with one attached hydrogen (secondary N) is 3. The minimum atomic E-state index is -0.652. The van der Waals surface area contributed by atoms with Gasteiger partial charge in [-0.2, -0.15) is 4.99 Å². The molecule has 2 heterocycles. The highest BCUT2D eigenvalue weighted by atomic mass is 16.2. The van der Waals surface area contributed by atoms with Crippen molar-refractivity contribution >= 4 is 23.5 Å². The van der Waals surface area contributed by atoms with Crippen LogP contribution < -0.4 is 16.1 Å². The summed E-state index contributed by atoms with van der Waals surface area (Å²) in [5.74, 6) is 0.539. The van der Waals surface area contributed by atoms with Crippen LogP contribution in [0.15, 0.2) is 40.7 Å². The molecule has 0 aliphatic carbocycles. The van der Waals surface area contributed by atoms with Crippen molar-refractivity contribution in [2.24, 2.45) is 4.99 Å². The number of carbonyl (C=O) groups is 2. The first-order valence-corrected chi connectivity index (χ1v) is 7.43. The molecule has 0 radical (unpaired) electrons. The summed E-state index contributed by atoms with van der Waals surface area (Å²) in [6.45, 7) is 5.80. The molecule has 120 valence electrons. The Kier molecular flexibility index (Phi) is 3.77. The second kappa shape index (κ2) is 5.75. The van der Waals surface area contributed by atoms with Crippen molar-refractivity contribution in [3.05, 3.63) is 41.2 Å². The predicted molar refractivity (Wildman–Crippen MR) is 87.1 cm³/mol. The van der Waals surface area contributed by atoms with Gasteiger partial charge in [0.2, 0.25) is 17.8 Å². The number of amides is 2. The molecular formula is C16H19N5O2. The normalized spacial score (nSPS) is 19.5. The van der Waals surface area contributed by atoms with E-state index in [9.17, 15) is 9.59 Å². The van der Waals surface area contributed by atoms with Crippen LogP contribution in [-0.2, 0) is 9.59 Å². The number of allylic oxidation sites excluding steroid dienone is 1. The molecule has 3 rings (SSSR count). The third-order valence-corrected chi connectivity index (χ3v) is 3.71. The van der Waals surface area contributed by atoms with Gasteiger partial charge in [-0.1, -0.05) is 17.7 Å². The summed E-state index contributed by atoms with van der Waals surface area (Å²) in [4.78, 5) is 28.7. The maximum Gasteiger partial charge on any atom is 0.249 e. The Bertz CT molecular complexity index is 716. The lowest BCUT2D eigenvalue weighted by Crippen LogP contribution is -2.61. The van der Waals surface area contributed by atoms with Crippen molar-refractivity contribution in [2.45, 2.75) is 33.2 Å². The fraction of sp³-hybridized carbons (Fsp3) is 0.312. The van der Waals surface area contributed by atoms with E-state index >= 15 is 0 Å². The van der Waals surface area contributed by atoms with E-state index in [1.165, 1.54) is 0 Å². The third-order valence-electron chi connectivity index (χ3n) is 3.71. The molecular weight excluding hydrogens is 294 g/mol. The number of guanidine groups is 1. The monoisotopic (exact) mass is 313 g/mol. The van der Waals surface area contributed by atoms with Gasteiger partial charge in [0.05, 0.1) is 6.42 Å². The molecule has 1 fully saturated rings. The highest BCUT2D eigenvalue weighted by molar-refractivity contribution is 6.07. The minimum absolute atomic E-state index is 0.0692. The highest BCUT2D eigenvalue weighted by Crippen LogP contribution is 2.19. The first-order valence-electron chi connectivity index (χ1n) is 7.43. The molecule has 23 heavy (non-hydrogen) atoms. The van der Waals surface area contributed by atoms with E-state index in [1.54, 1.807) is 5.01 Å². The van der Waals surface area contributed by atoms with Crippen LogP contribution in [0.1, 0.15) is 25.8 Å². The first kappa shape index (κ1) is 15.1. The van der Waals surface area contributed by atoms with E-state index in [1.807, 2.05) is 45.0 Å². The van der Waals surface area contributed by atoms with Gasteiger partial charge in [0, 0.05) is 5.69 Å². The van der Waals surface area contributed by atoms with Gasteiger partial charge in [-0.25, -0.2) is 5.01 Å². The number of fused-ring (bicyclic) bond motifs is 1. The zero-order chi connectivity index (χ0) is 16.6. The summed E-state index contributed by atoms with van der Waals surface area (Å²) in [6, 6.07) is 6.87. The van der Waals surface area contributed by atoms with Crippen LogP contribution in [0.4, 0.5) is 5.69 Å². The first-order chi connectivity index (χ1) is 10.9. The van der Waals surface area contributed by atoms with Crippen LogP contribution in [0.3, 0.4) is 0 Å². The standard InChI is InChI=1S/C16H19N5O2/c1-9(2)14-19-16-18-13(22)8-12(21(16)20-14)15(23)17-11-6-4-10(3)5-7-11/h4-7,12,20H,8H2,1-3H3,(H,17,23)(H,18,19,22)/t12-/m0/s1. The lowest BCUT2D eigenvalue weighted by atomic mass is 10.1. The molecule has 0 spiro atoms. The van der Waals surface area contributed by atoms with Gasteiger partial charge in [0.1, 0.15) is 11.9 Å². The van der Waals surface area contributed by atoms with Crippen LogP contribution in [0.2, 0.25) is 0 Å². The molecule has 0 bridgehead atoms. The van der Waals surface area contributed by atoms with Gasteiger partial charge in [0.15, 0.2) is 0 Å². The van der Waals surface area contributed by atoms with Crippen LogP contribution in [0, 0.1) is 6.92 Å². The number of hydrogen-bond donors (Lipinski definition) is 3. The Morgan fingerprint density at radius 2 is 2.00 bits per heavy atom. The molecule has 7 nitrogen and oxygen atoms in total. The Balaban J connectivity index is 1.80. The van der Waals surface area contributed by atoms with E-state index in [2.05, 4.69) is 21.1 Å². The average molecular weight is 313 g/mol. The van der Waals surface area contributed by atoms with Gasteiger partial charge in [-0.3, -0.25) is 20.3 Å². The highest BCUT2D eigenvalue weighted by Gasteiger charge is 2.39. The van der Waals surface area contributed by atoms with Crippen molar-refractivity contribution in [2.75, 3.05) is 5.32 Å². The average Bonchev–Trinajstić information content (AvgIpc) is 2.92. The molecule has 7 heteroatoms. The summed E-state index contributed by atoms with van der Waals surface area (Å²) < 4.78 is 0.